The van der Waals surface area contributed by atoms with Crippen molar-refractivity contribution in [3.05, 3.63) is 101 Å². The van der Waals surface area contributed by atoms with Crippen molar-refractivity contribution in [2.75, 3.05) is 31.6 Å². The maximum atomic E-state index is 14.2. The number of halogens is 1. The van der Waals surface area contributed by atoms with Crippen molar-refractivity contribution >= 4 is 35.3 Å². The zero-order valence-electron chi connectivity index (χ0n) is 18.9. The summed E-state index contributed by atoms with van der Waals surface area (Å²) in [6.07, 6.45) is 1.54. The molecule has 3 aromatic rings. The number of carbonyl (C=O) groups is 2. The molecule has 3 aromatic carbocycles. The van der Waals surface area contributed by atoms with Crippen molar-refractivity contribution in [3.8, 4) is 0 Å². The molecule has 5 nitrogen and oxygen atoms in total. The van der Waals surface area contributed by atoms with Crippen LogP contribution in [0.3, 0.4) is 0 Å². The molecule has 0 atom stereocenters. The Balaban J connectivity index is 1.41. The van der Waals surface area contributed by atoms with Crippen LogP contribution in [0, 0.1) is 5.82 Å². The third kappa shape index (κ3) is 5.92. The molecule has 0 unspecified atom stereocenters. The molecule has 0 fully saturated rings. The molecule has 0 spiro atoms. The highest BCUT2D eigenvalue weighted by Gasteiger charge is 2.30. The number of amides is 2. The first-order valence-electron chi connectivity index (χ1n) is 11.1. The van der Waals surface area contributed by atoms with Gasteiger partial charge in [0.15, 0.2) is 0 Å². The Bertz CT molecular complexity index is 1200. The monoisotopic (exact) mass is 475 g/mol. The lowest BCUT2D eigenvalue weighted by Gasteiger charge is -2.30. The molecule has 0 saturated heterocycles. The second-order valence-electron chi connectivity index (χ2n) is 8.06. The highest BCUT2D eigenvalue weighted by Crippen LogP contribution is 2.42. The van der Waals surface area contributed by atoms with Crippen molar-refractivity contribution in [3.63, 3.8) is 0 Å². The average molecular weight is 476 g/mol. The van der Waals surface area contributed by atoms with Crippen molar-refractivity contribution in [2.45, 2.75) is 11.4 Å². The molecule has 34 heavy (non-hydrogen) atoms. The van der Waals surface area contributed by atoms with Crippen LogP contribution in [0.4, 0.5) is 10.1 Å². The molecule has 174 valence electrons. The SMILES string of the molecule is CN(CCNC(=O)CN1C(=O)C(=Cc2ccccc2F)Sc2ccccc21)Cc1ccccc1. The normalized spacial score (nSPS) is 14.4. The fraction of sp³-hybridized carbons (Fsp3) is 0.185. The number of anilines is 1. The minimum atomic E-state index is -0.397. The molecule has 4 rings (SSSR count). The summed E-state index contributed by atoms with van der Waals surface area (Å²) in [5.74, 6) is -0.956. The predicted molar refractivity (Wildman–Crippen MR) is 135 cm³/mol. The van der Waals surface area contributed by atoms with Gasteiger partial charge in [-0.05, 0) is 36.9 Å². The number of nitrogens with one attached hydrogen (secondary N) is 1. The predicted octanol–water partition coefficient (Wildman–Crippen LogP) is 4.55. The quantitative estimate of drug-likeness (QED) is 0.486. The van der Waals surface area contributed by atoms with Gasteiger partial charge in [0, 0.05) is 30.1 Å². The van der Waals surface area contributed by atoms with Crippen LogP contribution >= 0.6 is 11.8 Å². The van der Waals surface area contributed by atoms with E-state index >= 15 is 0 Å². The minimum Gasteiger partial charge on any atom is -0.353 e. The third-order valence-electron chi connectivity index (χ3n) is 5.44. The molecular weight excluding hydrogens is 449 g/mol. The molecule has 0 aromatic heterocycles. The summed E-state index contributed by atoms with van der Waals surface area (Å²) >= 11 is 1.29. The van der Waals surface area contributed by atoms with Crippen LogP contribution < -0.4 is 10.2 Å². The molecular formula is C27H26FN3O2S. The van der Waals surface area contributed by atoms with Crippen LogP contribution in [-0.2, 0) is 16.1 Å². The van der Waals surface area contributed by atoms with E-state index in [9.17, 15) is 14.0 Å². The van der Waals surface area contributed by atoms with Gasteiger partial charge < -0.3 is 10.2 Å². The van der Waals surface area contributed by atoms with E-state index in [0.29, 0.717) is 29.2 Å². The van der Waals surface area contributed by atoms with Crippen molar-refractivity contribution in [2.24, 2.45) is 0 Å². The van der Waals surface area contributed by atoms with Crippen molar-refractivity contribution in [1.29, 1.82) is 0 Å². The van der Waals surface area contributed by atoms with E-state index in [0.717, 1.165) is 11.4 Å². The number of thioether (sulfide) groups is 1. The molecule has 0 radical (unpaired) electrons. The Hall–Kier alpha value is -3.42. The van der Waals surface area contributed by atoms with E-state index in [1.807, 2.05) is 49.5 Å². The molecule has 7 heteroatoms. The number of nitrogens with zero attached hydrogens (tertiary/aromatic N) is 2. The molecule has 0 bridgehead atoms. The number of carbonyl (C=O) groups excluding carboxylic acids is 2. The summed E-state index contributed by atoms with van der Waals surface area (Å²) < 4.78 is 14.2. The summed E-state index contributed by atoms with van der Waals surface area (Å²) in [7, 11) is 2.00. The van der Waals surface area contributed by atoms with Crippen LogP contribution in [-0.4, -0.2) is 43.4 Å². The number of rotatable bonds is 8. The average Bonchev–Trinajstić information content (AvgIpc) is 2.83. The summed E-state index contributed by atoms with van der Waals surface area (Å²) in [5, 5.41) is 2.91. The van der Waals surface area contributed by atoms with Crippen LogP contribution in [0.5, 0.6) is 0 Å². The van der Waals surface area contributed by atoms with Crippen LogP contribution in [0.2, 0.25) is 0 Å². The largest absolute Gasteiger partial charge is 0.353 e. The second kappa shape index (κ2) is 11.1. The van der Waals surface area contributed by atoms with E-state index in [-0.39, 0.29) is 18.4 Å². The fourth-order valence-corrected chi connectivity index (χ4v) is 4.76. The Labute approximate surface area is 203 Å². The van der Waals surface area contributed by atoms with Crippen molar-refractivity contribution in [1.82, 2.24) is 10.2 Å². The molecule has 1 heterocycles. The summed E-state index contributed by atoms with van der Waals surface area (Å²) in [6, 6.07) is 23.9. The van der Waals surface area contributed by atoms with Gasteiger partial charge in [0.25, 0.3) is 5.91 Å². The van der Waals surface area contributed by atoms with Gasteiger partial charge in [-0.25, -0.2) is 4.39 Å². The fourth-order valence-electron chi connectivity index (χ4n) is 3.71. The second-order valence-corrected chi connectivity index (χ2v) is 9.15. The van der Waals surface area contributed by atoms with E-state index in [1.165, 1.54) is 28.3 Å². The zero-order chi connectivity index (χ0) is 23.9. The maximum Gasteiger partial charge on any atom is 0.265 e. The standard InChI is InChI=1S/C27H26FN3O2S/c1-30(18-20-9-3-2-4-10-20)16-15-29-26(32)19-31-23-13-7-8-14-24(23)34-25(27(31)33)17-21-11-5-6-12-22(21)28/h2-14,17H,15-16,18-19H2,1H3,(H,29,32). The number of fused-ring (bicyclic) bond motifs is 1. The van der Waals surface area contributed by atoms with Gasteiger partial charge in [-0.3, -0.25) is 14.5 Å². The van der Waals surface area contributed by atoms with Gasteiger partial charge >= 0.3 is 0 Å². The molecule has 2 amide bonds. The molecule has 1 aliphatic rings. The van der Waals surface area contributed by atoms with Crippen LogP contribution in [0.25, 0.3) is 6.08 Å². The van der Waals surface area contributed by atoms with Gasteiger partial charge in [-0.2, -0.15) is 0 Å². The Kier molecular flexibility index (Phi) is 7.77. The number of hydrogen-bond donors (Lipinski definition) is 1. The number of benzene rings is 3. The first-order valence-corrected chi connectivity index (χ1v) is 11.9. The Morgan fingerprint density at radius 1 is 1.03 bits per heavy atom. The highest BCUT2D eigenvalue weighted by atomic mass is 32.2. The topological polar surface area (TPSA) is 52.7 Å². The van der Waals surface area contributed by atoms with Gasteiger partial charge in [0.1, 0.15) is 12.4 Å². The third-order valence-corrected chi connectivity index (χ3v) is 6.51. The lowest BCUT2D eigenvalue weighted by molar-refractivity contribution is -0.122. The number of para-hydroxylation sites is 1. The van der Waals surface area contributed by atoms with Crippen LogP contribution in [0.15, 0.2) is 88.7 Å². The number of hydrogen-bond acceptors (Lipinski definition) is 4. The van der Waals surface area contributed by atoms with Gasteiger partial charge in [0.2, 0.25) is 5.91 Å². The zero-order valence-corrected chi connectivity index (χ0v) is 19.7. The van der Waals surface area contributed by atoms with Crippen molar-refractivity contribution < 1.29 is 14.0 Å². The Morgan fingerprint density at radius 2 is 1.74 bits per heavy atom. The summed E-state index contributed by atoms with van der Waals surface area (Å²) in [5.41, 5.74) is 2.22. The van der Waals surface area contributed by atoms with Gasteiger partial charge in [0.05, 0.1) is 10.6 Å². The van der Waals surface area contributed by atoms with E-state index in [4.69, 9.17) is 0 Å². The molecule has 0 aliphatic carbocycles. The first-order chi connectivity index (χ1) is 16.5. The maximum absolute atomic E-state index is 14.2. The first kappa shape index (κ1) is 23.7. The van der Waals surface area contributed by atoms with E-state index in [2.05, 4.69) is 22.3 Å². The summed E-state index contributed by atoms with van der Waals surface area (Å²) in [6.45, 7) is 1.83. The minimum absolute atomic E-state index is 0.104. The van der Waals surface area contributed by atoms with Gasteiger partial charge in [-0.1, -0.05) is 72.4 Å². The molecule has 1 aliphatic heterocycles. The smallest absolute Gasteiger partial charge is 0.265 e. The lowest BCUT2D eigenvalue weighted by Crippen LogP contribution is -2.44. The molecule has 0 saturated carbocycles. The molecule has 1 N–H and O–H groups in total. The van der Waals surface area contributed by atoms with Crippen LogP contribution in [0.1, 0.15) is 11.1 Å². The highest BCUT2D eigenvalue weighted by molar-refractivity contribution is 8.04. The lowest BCUT2D eigenvalue weighted by atomic mass is 10.2. The summed E-state index contributed by atoms with van der Waals surface area (Å²) in [4.78, 5) is 30.8. The number of likely N-dealkylation sites (N-methyl/N-ethyl adjacent to an activating group) is 1. The van der Waals surface area contributed by atoms with Gasteiger partial charge in [-0.15, -0.1) is 0 Å². The Morgan fingerprint density at radius 3 is 2.53 bits per heavy atom. The van der Waals surface area contributed by atoms with E-state index < -0.39 is 5.82 Å². The van der Waals surface area contributed by atoms with E-state index in [1.54, 1.807) is 24.3 Å².